The molecule has 1 aliphatic rings. The zero-order chi connectivity index (χ0) is 33.8. The van der Waals surface area contributed by atoms with Crippen LogP contribution in [-0.2, 0) is 30.8 Å². The SMILES string of the molecule is O=C(CNC(=O)C(c1nc2cc(F)c(-c3ccc(NC(=O)OCc4ccccn4)cc3)cc2s1)S(=O)(=O)CCC(F)(F)F)NC1CC1. The van der Waals surface area contributed by atoms with Crippen molar-refractivity contribution in [2.45, 2.75) is 43.3 Å². The number of carbonyl (C=O) groups excluding carboxylic acids is 3. The highest BCUT2D eigenvalue weighted by atomic mass is 32.2. The van der Waals surface area contributed by atoms with Crippen molar-refractivity contribution in [2.75, 3.05) is 17.6 Å². The van der Waals surface area contributed by atoms with Crippen LogP contribution in [0.25, 0.3) is 21.3 Å². The Bertz CT molecular complexity index is 1880. The summed E-state index contributed by atoms with van der Waals surface area (Å²) in [6, 6.07) is 13.6. The van der Waals surface area contributed by atoms with Gasteiger partial charge in [0.2, 0.25) is 11.8 Å². The van der Waals surface area contributed by atoms with Crippen LogP contribution >= 0.6 is 11.3 Å². The fourth-order valence-electron chi connectivity index (χ4n) is 4.38. The number of nitrogens with one attached hydrogen (secondary N) is 3. The first kappa shape index (κ1) is 33.7. The number of hydrogen-bond donors (Lipinski definition) is 3. The first-order valence-corrected chi connectivity index (χ1v) is 16.7. The minimum atomic E-state index is -4.81. The van der Waals surface area contributed by atoms with Crippen LogP contribution < -0.4 is 16.0 Å². The fraction of sp³-hybridized carbons (Fsp3) is 0.300. The third-order valence-corrected chi connectivity index (χ3v) is 10.0. The number of ether oxygens (including phenoxy) is 1. The van der Waals surface area contributed by atoms with Gasteiger partial charge in [-0.2, -0.15) is 13.2 Å². The molecule has 2 aromatic heterocycles. The lowest BCUT2D eigenvalue weighted by Crippen LogP contribution is -2.41. The van der Waals surface area contributed by atoms with Crippen molar-refractivity contribution in [2.24, 2.45) is 0 Å². The Labute approximate surface area is 269 Å². The number of benzene rings is 2. The van der Waals surface area contributed by atoms with Gasteiger partial charge in [-0.15, -0.1) is 11.3 Å². The summed E-state index contributed by atoms with van der Waals surface area (Å²) < 4.78 is 85.6. The second-order valence-corrected chi connectivity index (χ2v) is 13.9. The van der Waals surface area contributed by atoms with Crippen LogP contribution in [-0.4, -0.2) is 60.8 Å². The molecule has 1 atom stereocenters. The number of anilines is 1. The fourth-order valence-corrected chi connectivity index (χ4v) is 7.46. The molecule has 47 heavy (non-hydrogen) atoms. The van der Waals surface area contributed by atoms with Crippen molar-refractivity contribution < 1.29 is 45.1 Å². The molecule has 5 rings (SSSR count). The lowest BCUT2D eigenvalue weighted by Gasteiger charge is -2.16. The standard InChI is InChI=1S/C30H27F4N5O6S2/c31-22-14-23-24(13-21(22)17-4-6-19(7-5-17)38-29(42)45-16-20-3-1-2-11-35-20)46-28(39-23)26(47(43,44)12-10-30(32,33)34)27(41)36-15-25(40)37-18-8-9-18/h1-7,11,13-14,18,26H,8-10,12,15-16H2,(H,36,41)(H,37,40)(H,38,42). The Morgan fingerprint density at radius 2 is 1.81 bits per heavy atom. The normalized spacial score (nSPS) is 14.0. The molecule has 248 valence electrons. The Morgan fingerprint density at radius 3 is 2.47 bits per heavy atom. The molecule has 1 fully saturated rings. The highest BCUT2D eigenvalue weighted by Gasteiger charge is 2.40. The number of pyridine rings is 1. The van der Waals surface area contributed by atoms with Gasteiger partial charge in [0, 0.05) is 29.6 Å². The maximum atomic E-state index is 15.3. The van der Waals surface area contributed by atoms with Gasteiger partial charge in [0.25, 0.3) is 0 Å². The van der Waals surface area contributed by atoms with Gasteiger partial charge in [-0.25, -0.2) is 22.6 Å². The Hall–Kier alpha value is -4.64. The van der Waals surface area contributed by atoms with Gasteiger partial charge in [-0.1, -0.05) is 18.2 Å². The molecule has 3 N–H and O–H groups in total. The molecule has 0 bridgehead atoms. The van der Waals surface area contributed by atoms with E-state index in [-0.39, 0.29) is 33.4 Å². The van der Waals surface area contributed by atoms with Gasteiger partial charge in [0.1, 0.15) is 17.4 Å². The van der Waals surface area contributed by atoms with E-state index in [0.29, 0.717) is 28.3 Å². The van der Waals surface area contributed by atoms with Crippen molar-refractivity contribution in [3.05, 3.63) is 77.3 Å². The highest BCUT2D eigenvalue weighted by Crippen LogP contribution is 2.36. The molecular formula is C30H27F4N5O6S2. The number of thiazole rings is 1. The molecule has 4 aromatic rings. The van der Waals surface area contributed by atoms with E-state index in [1.807, 2.05) is 0 Å². The van der Waals surface area contributed by atoms with Crippen molar-refractivity contribution in [3.63, 3.8) is 0 Å². The molecule has 17 heteroatoms. The summed E-state index contributed by atoms with van der Waals surface area (Å²) in [6.45, 7) is -0.633. The average molecular weight is 694 g/mol. The van der Waals surface area contributed by atoms with Crippen LogP contribution in [0.2, 0.25) is 0 Å². The first-order chi connectivity index (χ1) is 22.3. The maximum absolute atomic E-state index is 15.3. The minimum Gasteiger partial charge on any atom is -0.443 e. The van der Waals surface area contributed by atoms with Crippen LogP contribution in [0.1, 0.15) is 35.2 Å². The van der Waals surface area contributed by atoms with Crippen molar-refractivity contribution in [1.29, 1.82) is 0 Å². The summed E-state index contributed by atoms with van der Waals surface area (Å²) in [5, 5.41) is 4.80. The zero-order valence-corrected chi connectivity index (χ0v) is 26.0. The molecule has 0 aliphatic heterocycles. The summed E-state index contributed by atoms with van der Waals surface area (Å²) in [5.41, 5.74) is 1.34. The summed E-state index contributed by atoms with van der Waals surface area (Å²) in [5.74, 6) is -3.94. The number of halogens is 4. The van der Waals surface area contributed by atoms with Crippen molar-refractivity contribution in [3.8, 4) is 11.1 Å². The Balaban J connectivity index is 1.34. The van der Waals surface area contributed by atoms with E-state index in [9.17, 15) is 36.0 Å². The molecule has 1 unspecified atom stereocenters. The third-order valence-electron chi connectivity index (χ3n) is 6.87. The number of carbonyl (C=O) groups is 3. The van der Waals surface area contributed by atoms with E-state index in [1.165, 1.54) is 30.3 Å². The molecule has 11 nitrogen and oxygen atoms in total. The molecule has 0 spiro atoms. The van der Waals surface area contributed by atoms with Gasteiger partial charge in [-0.3, -0.25) is 19.9 Å². The predicted octanol–water partition coefficient (Wildman–Crippen LogP) is 5.05. The van der Waals surface area contributed by atoms with Gasteiger partial charge in [0.05, 0.1) is 34.6 Å². The number of alkyl halides is 3. The lowest BCUT2D eigenvalue weighted by molar-refractivity contribution is -0.130. The van der Waals surface area contributed by atoms with E-state index in [0.717, 1.165) is 18.9 Å². The van der Waals surface area contributed by atoms with E-state index < -0.39 is 63.7 Å². The smallest absolute Gasteiger partial charge is 0.412 e. The topological polar surface area (TPSA) is 156 Å². The summed E-state index contributed by atoms with van der Waals surface area (Å²) in [6.07, 6.45) is -4.15. The van der Waals surface area contributed by atoms with Crippen LogP contribution in [0.15, 0.2) is 60.8 Å². The number of sulfone groups is 1. The predicted molar refractivity (Wildman–Crippen MR) is 164 cm³/mol. The molecule has 0 saturated heterocycles. The number of rotatable bonds is 12. The Morgan fingerprint density at radius 1 is 1.06 bits per heavy atom. The molecule has 2 heterocycles. The van der Waals surface area contributed by atoms with Gasteiger partial charge >= 0.3 is 12.3 Å². The average Bonchev–Trinajstić information content (AvgIpc) is 3.75. The van der Waals surface area contributed by atoms with Gasteiger partial charge in [-0.05, 0) is 48.7 Å². The monoisotopic (exact) mass is 693 g/mol. The third kappa shape index (κ3) is 9.22. The van der Waals surface area contributed by atoms with Crippen LogP contribution in [0.3, 0.4) is 0 Å². The first-order valence-electron chi connectivity index (χ1n) is 14.2. The maximum Gasteiger partial charge on any atom is 0.412 e. The number of fused-ring (bicyclic) bond motifs is 1. The quantitative estimate of drug-likeness (QED) is 0.174. The summed E-state index contributed by atoms with van der Waals surface area (Å²) in [7, 11) is -4.78. The number of nitrogens with zero attached hydrogens (tertiary/aromatic N) is 2. The molecule has 0 radical (unpaired) electrons. The van der Waals surface area contributed by atoms with Crippen LogP contribution in [0, 0.1) is 5.82 Å². The second kappa shape index (κ2) is 14.0. The van der Waals surface area contributed by atoms with E-state index in [4.69, 9.17) is 4.74 Å². The lowest BCUT2D eigenvalue weighted by atomic mass is 10.0. The molecule has 3 amide bonds. The molecule has 1 saturated carbocycles. The number of aromatic nitrogens is 2. The van der Waals surface area contributed by atoms with Crippen LogP contribution in [0.4, 0.5) is 28.0 Å². The molecular weight excluding hydrogens is 666 g/mol. The summed E-state index contributed by atoms with van der Waals surface area (Å²) >= 11 is 0.703. The zero-order valence-electron chi connectivity index (χ0n) is 24.3. The largest absolute Gasteiger partial charge is 0.443 e. The number of hydrogen-bond acceptors (Lipinski definition) is 9. The summed E-state index contributed by atoms with van der Waals surface area (Å²) in [4.78, 5) is 45.4. The van der Waals surface area contributed by atoms with Crippen LogP contribution in [0.5, 0.6) is 0 Å². The molecule has 2 aromatic carbocycles. The minimum absolute atomic E-state index is 0.0181. The van der Waals surface area contributed by atoms with Crippen molar-refractivity contribution in [1.82, 2.24) is 20.6 Å². The van der Waals surface area contributed by atoms with E-state index in [2.05, 4.69) is 25.9 Å². The van der Waals surface area contributed by atoms with E-state index >= 15 is 4.39 Å². The molecule has 1 aliphatic carbocycles. The Kier molecular flexibility index (Phi) is 10.0. The van der Waals surface area contributed by atoms with Gasteiger partial charge in [0.15, 0.2) is 15.1 Å². The second-order valence-electron chi connectivity index (χ2n) is 10.6. The number of amides is 3. The van der Waals surface area contributed by atoms with Crippen molar-refractivity contribution >= 4 is 55.0 Å². The van der Waals surface area contributed by atoms with Gasteiger partial charge < -0.3 is 15.4 Å². The highest BCUT2D eigenvalue weighted by molar-refractivity contribution is 7.92. The van der Waals surface area contributed by atoms with E-state index in [1.54, 1.807) is 24.4 Å².